The van der Waals surface area contributed by atoms with Gasteiger partial charge in [0.2, 0.25) is 0 Å². The molecule has 6 heteroatoms. The number of nitro groups is 1. The molecule has 0 radical (unpaired) electrons. The highest BCUT2D eigenvalue weighted by atomic mass is 19.1. The maximum absolute atomic E-state index is 13.7. The van der Waals surface area contributed by atoms with Gasteiger partial charge in [-0.3, -0.25) is 10.1 Å². The maximum atomic E-state index is 13.7. The van der Waals surface area contributed by atoms with Crippen LogP contribution < -0.4 is 4.74 Å². The van der Waals surface area contributed by atoms with Crippen LogP contribution in [0.1, 0.15) is 16.7 Å². The van der Waals surface area contributed by atoms with Crippen molar-refractivity contribution >= 4 is 17.3 Å². The third-order valence-corrected chi connectivity index (χ3v) is 4.01. The molecule has 0 N–H and O–H groups in total. The number of non-ortho nitro benzene ring substituents is 1. The van der Waals surface area contributed by atoms with E-state index in [1.54, 1.807) is 54.6 Å². The summed E-state index contributed by atoms with van der Waals surface area (Å²) in [5, 5.41) is 20.4. The molecule has 0 heterocycles. The van der Waals surface area contributed by atoms with Gasteiger partial charge in [0, 0.05) is 17.7 Å². The number of nitro benzene ring substituents is 1. The number of benzene rings is 3. The lowest BCUT2D eigenvalue weighted by atomic mass is 10.0. The van der Waals surface area contributed by atoms with Gasteiger partial charge in [-0.25, -0.2) is 4.39 Å². The van der Waals surface area contributed by atoms with Gasteiger partial charge in [0.1, 0.15) is 18.2 Å². The van der Waals surface area contributed by atoms with E-state index in [0.717, 1.165) is 0 Å². The third-order valence-electron chi connectivity index (χ3n) is 4.01. The molecule has 28 heavy (non-hydrogen) atoms. The zero-order valence-electron chi connectivity index (χ0n) is 14.7. The fourth-order valence-electron chi connectivity index (χ4n) is 2.60. The van der Waals surface area contributed by atoms with E-state index in [0.29, 0.717) is 22.4 Å². The Morgan fingerprint density at radius 1 is 1.11 bits per heavy atom. The quantitative estimate of drug-likeness (QED) is 0.251. The molecule has 0 atom stereocenters. The number of ether oxygens (including phenoxy) is 1. The molecule has 0 saturated carbocycles. The summed E-state index contributed by atoms with van der Waals surface area (Å²) in [4.78, 5) is 10.4. The SMILES string of the molecule is N#CC(=Cc1cccc(OCc2ccccc2F)c1)c1cccc([N+](=O)[O-])c1. The number of nitriles is 1. The number of halogens is 1. The normalized spacial score (nSPS) is 10.9. The third kappa shape index (κ3) is 4.59. The standard InChI is InChI=1S/C22H15FN2O3/c23-22-10-2-1-6-18(22)15-28-21-9-3-5-16(12-21)11-19(14-24)17-7-4-8-20(13-17)25(26)27/h1-13H,15H2. The summed E-state index contributed by atoms with van der Waals surface area (Å²) in [6, 6.07) is 21.3. The molecule has 3 aromatic carbocycles. The first kappa shape index (κ1) is 18.8. The molecule has 0 bridgehead atoms. The van der Waals surface area contributed by atoms with Crippen molar-refractivity contribution in [1.29, 1.82) is 5.26 Å². The number of allylic oxidation sites excluding steroid dienone is 1. The average molecular weight is 374 g/mol. The zero-order valence-corrected chi connectivity index (χ0v) is 14.7. The topological polar surface area (TPSA) is 76.2 Å². The Labute approximate surface area is 161 Å². The molecule has 0 saturated heterocycles. The van der Waals surface area contributed by atoms with Crippen molar-refractivity contribution in [2.24, 2.45) is 0 Å². The minimum atomic E-state index is -0.504. The van der Waals surface area contributed by atoms with Gasteiger partial charge in [-0.2, -0.15) is 5.26 Å². The summed E-state index contributed by atoms with van der Waals surface area (Å²) in [5.41, 5.74) is 1.79. The van der Waals surface area contributed by atoms with Crippen LogP contribution in [-0.2, 0) is 6.61 Å². The van der Waals surface area contributed by atoms with Gasteiger partial charge < -0.3 is 4.74 Å². The number of hydrogen-bond acceptors (Lipinski definition) is 4. The second-order valence-electron chi connectivity index (χ2n) is 5.93. The van der Waals surface area contributed by atoms with Gasteiger partial charge in [-0.1, -0.05) is 42.5 Å². The van der Waals surface area contributed by atoms with Crippen molar-refractivity contribution in [3.8, 4) is 11.8 Å². The molecule has 3 rings (SSSR count). The van der Waals surface area contributed by atoms with Crippen LogP contribution in [0.4, 0.5) is 10.1 Å². The molecule has 138 valence electrons. The summed E-state index contributed by atoms with van der Waals surface area (Å²) in [5.74, 6) is 0.185. The maximum Gasteiger partial charge on any atom is 0.270 e. The van der Waals surface area contributed by atoms with Crippen LogP contribution in [0.25, 0.3) is 11.6 Å². The molecule has 0 amide bonds. The predicted molar refractivity (Wildman–Crippen MR) is 104 cm³/mol. The smallest absolute Gasteiger partial charge is 0.270 e. The Kier molecular flexibility index (Phi) is 5.78. The van der Waals surface area contributed by atoms with Crippen molar-refractivity contribution in [1.82, 2.24) is 0 Å². The lowest BCUT2D eigenvalue weighted by Gasteiger charge is -2.08. The van der Waals surface area contributed by atoms with Crippen LogP contribution in [0.15, 0.2) is 72.8 Å². The fourth-order valence-corrected chi connectivity index (χ4v) is 2.60. The molecule has 3 aromatic rings. The molecule has 0 aromatic heterocycles. The van der Waals surface area contributed by atoms with Crippen LogP contribution in [-0.4, -0.2) is 4.92 Å². The van der Waals surface area contributed by atoms with E-state index in [-0.39, 0.29) is 23.7 Å². The first-order valence-electron chi connectivity index (χ1n) is 8.40. The van der Waals surface area contributed by atoms with E-state index in [4.69, 9.17) is 4.74 Å². The lowest BCUT2D eigenvalue weighted by molar-refractivity contribution is -0.384. The van der Waals surface area contributed by atoms with Gasteiger partial charge in [-0.05, 0) is 35.4 Å². The van der Waals surface area contributed by atoms with Gasteiger partial charge >= 0.3 is 0 Å². The summed E-state index contributed by atoms with van der Waals surface area (Å²) in [7, 11) is 0. The lowest BCUT2D eigenvalue weighted by Crippen LogP contribution is -1.98. The predicted octanol–water partition coefficient (Wildman–Crippen LogP) is 5.38. The van der Waals surface area contributed by atoms with Crippen molar-refractivity contribution in [2.45, 2.75) is 6.61 Å². The number of rotatable bonds is 6. The molecule has 0 aliphatic heterocycles. The van der Waals surface area contributed by atoms with E-state index in [2.05, 4.69) is 6.07 Å². The first-order chi connectivity index (χ1) is 13.6. The van der Waals surface area contributed by atoms with Crippen LogP contribution in [0, 0.1) is 27.3 Å². The molecule has 5 nitrogen and oxygen atoms in total. The number of hydrogen-bond donors (Lipinski definition) is 0. The summed E-state index contributed by atoms with van der Waals surface area (Å²) < 4.78 is 19.3. The van der Waals surface area contributed by atoms with Gasteiger partial charge in [0.05, 0.1) is 16.6 Å². The van der Waals surface area contributed by atoms with Gasteiger partial charge in [0.25, 0.3) is 5.69 Å². The summed E-state index contributed by atoms with van der Waals surface area (Å²) in [6.07, 6.45) is 1.62. The molecule has 0 fully saturated rings. The Morgan fingerprint density at radius 3 is 2.64 bits per heavy atom. The average Bonchev–Trinajstić information content (AvgIpc) is 2.72. The zero-order chi connectivity index (χ0) is 19.9. The molecule has 0 aliphatic carbocycles. The van der Waals surface area contributed by atoms with Crippen molar-refractivity contribution in [3.05, 3.63) is 105 Å². The highest BCUT2D eigenvalue weighted by Gasteiger charge is 2.09. The minimum Gasteiger partial charge on any atom is -0.489 e. The Morgan fingerprint density at radius 2 is 1.89 bits per heavy atom. The van der Waals surface area contributed by atoms with E-state index >= 15 is 0 Å². The van der Waals surface area contributed by atoms with E-state index in [9.17, 15) is 19.8 Å². The first-order valence-corrected chi connectivity index (χ1v) is 8.40. The van der Waals surface area contributed by atoms with Crippen LogP contribution >= 0.6 is 0 Å². The highest BCUT2D eigenvalue weighted by molar-refractivity contribution is 5.90. The Balaban J connectivity index is 1.82. The van der Waals surface area contributed by atoms with Crippen LogP contribution in [0.3, 0.4) is 0 Å². The van der Waals surface area contributed by atoms with E-state index in [1.165, 1.54) is 24.3 Å². The molecular weight excluding hydrogens is 359 g/mol. The highest BCUT2D eigenvalue weighted by Crippen LogP contribution is 2.24. The molecule has 0 spiro atoms. The van der Waals surface area contributed by atoms with Crippen molar-refractivity contribution < 1.29 is 14.1 Å². The Bertz CT molecular complexity index is 1090. The molecular formula is C22H15FN2O3. The molecule has 0 aliphatic rings. The summed E-state index contributed by atoms with van der Waals surface area (Å²) >= 11 is 0. The van der Waals surface area contributed by atoms with Gasteiger partial charge in [0.15, 0.2) is 0 Å². The second-order valence-corrected chi connectivity index (χ2v) is 5.93. The van der Waals surface area contributed by atoms with E-state index < -0.39 is 4.92 Å². The van der Waals surface area contributed by atoms with Crippen LogP contribution in [0.2, 0.25) is 0 Å². The number of nitrogens with zero attached hydrogens (tertiary/aromatic N) is 2. The largest absolute Gasteiger partial charge is 0.489 e. The second kappa shape index (κ2) is 8.60. The van der Waals surface area contributed by atoms with Crippen molar-refractivity contribution in [3.63, 3.8) is 0 Å². The summed E-state index contributed by atoms with van der Waals surface area (Å²) in [6.45, 7) is 0.0792. The minimum absolute atomic E-state index is 0.0792. The van der Waals surface area contributed by atoms with Crippen LogP contribution in [0.5, 0.6) is 5.75 Å². The monoisotopic (exact) mass is 374 g/mol. The molecule has 0 unspecified atom stereocenters. The van der Waals surface area contributed by atoms with Crippen molar-refractivity contribution in [2.75, 3.05) is 0 Å². The van der Waals surface area contributed by atoms with E-state index in [1.807, 2.05) is 0 Å². The Hall–Kier alpha value is -3.98. The fraction of sp³-hybridized carbons (Fsp3) is 0.0455. The van der Waals surface area contributed by atoms with Gasteiger partial charge in [-0.15, -0.1) is 0 Å².